The number of ether oxygens (including phenoxy) is 2. The van der Waals surface area contributed by atoms with Gasteiger partial charge in [0.1, 0.15) is 0 Å². The first-order valence-corrected chi connectivity index (χ1v) is 7.91. The SMILES string of the molecule is COc1ccc(CCNC(=O)N2CCCCC2C)cc1OC. The molecule has 1 heterocycles. The Morgan fingerprint density at radius 3 is 2.73 bits per heavy atom. The molecule has 1 saturated heterocycles. The number of amides is 2. The highest BCUT2D eigenvalue weighted by molar-refractivity contribution is 5.74. The number of hydrogen-bond donors (Lipinski definition) is 1. The standard InChI is InChI=1S/C17H26N2O3/c1-13-6-4-5-11-19(13)17(20)18-10-9-14-7-8-15(21-2)16(12-14)22-3/h7-8,12-13H,4-6,9-11H2,1-3H3,(H,18,20). The highest BCUT2D eigenvalue weighted by Crippen LogP contribution is 2.27. The first kappa shape index (κ1) is 16.5. The van der Waals surface area contributed by atoms with E-state index in [1.807, 2.05) is 23.1 Å². The van der Waals surface area contributed by atoms with Crippen LogP contribution >= 0.6 is 0 Å². The molecule has 1 N–H and O–H groups in total. The van der Waals surface area contributed by atoms with Crippen LogP contribution in [0.15, 0.2) is 18.2 Å². The van der Waals surface area contributed by atoms with Crippen LogP contribution in [0.1, 0.15) is 31.7 Å². The lowest BCUT2D eigenvalue weighted by Crippen LogP contribution is -2.47. The van der Waals surface area contributed by atoms with E-state index in [-0.39, 0.29) is 6.03 Å². The predicted molar refractivity (Wildman–Crippen MR) is 86.7 cm³/mol. The van der Waals surface area contributed by atoms with Crippen LogP contribution in [0.25, 0.3) is 0 Å². The zero-order valence-electron chi connectivity index (χ0n) is 13.7. The number of rotatable bonds is 5. The molecule has 0 saturated carbocycles. The summed E-state index contributed by atoms with van der Waals surface area (Å²) in [5, 5.41) is 3.01. The minimum atomic E-state index is 0.0488. The van der Waals surface area contributed by atoms with Crippen LogP contribution in [0.4, 0.5) is 4.79 Å². The average Bonchev–Trinajstić information content (AvgIpc) is 2.55. The van der Waals surface area contributed by atoms with Gasteiger partial charge >= 0.3 is 6.03 Å². The molecule has 5 heteroatoms. The van der Waals surface area contributed by atoms with Crippen LogP contribution in [0.5, 0.6) is 11.5 Å². The van der Waals surface area contributed by atoms with Crippen molar-refractivity contribution in [1.82, 2.24) is 10.2 Å². The average molecular weight is 306 g/mol. The largest absolute Gasteiger partial charge is 0.493 e. The van der Waals surface area contributed by atoms with E-state index < -0.39 is 0 Å². The lowest BCUT2D eigenvalue weighted by atomic mass is 10.0. The molecule has 0 aliphatic carbocycles. The van der Waals surface area contributed by atoms with Crippen molar-refractivity contribution >= 4 is 6.03 Å². The third-order valence-electron chi connectivity index (χ3n) is 4.20. The van der Waals surface area contributed by atoms with Crippen LogP contribution in [0, 0.1) is 0 Å². The van der Waals surface area contributed by atoms with Crippen LogP contribution in [0.2, 0.25) is 0 Å². The van der Waals surface area contributed by atoms with Gasteiger partial charge in [-0.05, 0) is 50.3 Å². The second-order valence-corrected chi connectivity index (χ2v) is 5.71. The fraction of sp³-hybridized carbons (Fsp3) is 0.588. The van der Waals surface area contributed by atoms with Crippen molar-refractivity contribution in [3.05, 3.63) is 23.8 Å². The van der Waals surface area contributed by atoms with Gasteiger partial charge in [0.25, 0.3) is 0 Å². The van der Waals surface area contributed by atoms with Gasteiger partial charge in [-0.1, -0.05) is 6.07 Å². The molecule has 0 aromatic heterocycles. The summed E-state index contributed by atoms with van der Waals surface area (Å²) in [5.41, 5.74) is 1.12. The van der Waals surface area contributed by atoms with Gasteiger partial charge in [-0.25, -0.2) is 4.79 Å². The van der Waals surface area contributed by atoms with Crippen molar-refractivity contribution in [3.63, 3.8) is 0 Å². The molecule has 2 rings (SSSR count). The number of piperidine rings is 1. The number of hydrogen-bond acceptors (Lipinski definition) is 3. The van der Waals surface area contributed by atoms with E-state index in [1.165, 1.54) is 6.42 Å². The quantitative estimate of drug-likeness (QED) is 0.910. The highest BCUT2D eigenvalue weighted by Gasteiger charge is 2.22. The number of carbonyl (C=O) groups is 1. The molecule has 122 valence electrons. The topological polar surface area (TPSA) is 50.8 Å². The van der Waals surface area contributed by atoms with Crippen LogP contribution in [-0.4, -0.2) is 44.3 Å². The van der Waals surface area contributed by atoms with Crippen LogP contribution in [-0.2, 0) is 6.42 Å². The van der Waals surface area contributed by atoms with E-state index in [0.29, 0.717) is 12.6 Å². The number of benzene rings is 1. The van der Waals surface area contributed by atoms with E-state index in [9.17, 15) is 4.79 Å². The summed E-state index contributed by atoms with van der Waals surface area (Å²) in [6.07, 6.45) is 4.20. The number of methoxy groups -OCH3 is 2. The summed E-state index contributed by atoms with van der Waals surface area (Å²) < 4.78 is 10.5. The first-order valence-electron chi connectivity index (χ1n) is 7.91. The van der Waals surface area contributed by atoms with E-state index >= 15 is 0 Å². The summed E-state index contributed by atoms with van der Waals surface area (Å²) in [6.45, 7) is 3.61. The molecule has 1 atom stereocenters. The smallest absolute Gasteiger partial charge is 0.317 e. The van der Waals surface area contributed by atoms with Crippen molar-refractivity contribution in [2.24, 2.45) is 0 Å². The number of nitrogens with one attached hydrogen (secondary N) is 1. The molecule has 1 aliphatic rings. The number of likely N-dealkylation sites (tertiary alicyclic amines) is 1. The fourth-order valence-corrected chi connectivity index (χ4v) is 2.85. The Kier molecular flexibility index (Phi) is 5.92. The lowest BCUT2D eigenvalue weighted by molar-refractivity contribution is 0.158. The molecular weight excluding hydrogens is 280 g/mol. The molecule has 0 bridgehead atoms. The fourth-order valence-electron chi connectivity index (χ4n) is 2.85. The number of carbonyl (C=O) groups excluding carboxylic acids is 1. The van der Waals surface area contributed by atoms with Gasteiger partial charge in [-0.2, -0.15) is 0 Å². The Morgan fingerprint density at radius 2 is 2.05 bits per heavy atom. The lowest BCUT2D eigenvalue weighted by Gasteiger charge is -2.33. The second-order valence-electron chi connectivity index (χ2n) is 5.71. The molecule has 1 aliphatic heterocycles. The summed E-state index contributed by atoms with van der Waals surface area (Å²) in [6, 6.07) is 6.23. The number of urea groups is 1. The third kappa shape index (κ3) is 4.06. The summed E-state index contributed by atoms with van der Waals surface area (Å²) >= 11 is 0. The zero-order valence-corrected chi connectivity index (χ0v) is 13.7. The van der Waals surface area contributed by atoms with Crippen LogP contribution < -0.4 is 14.8 Å². The molecule has 1 unspecified atom stereocenters. The summed E-state index contributed by atoms with van der Waals surface area (Å²) in [4.78, 5) is 14.1. The minimum absolute atomic E-state index is 0.0488. The minimum Gasteiger partial charge on any atom is -0.493 e. The molecular formula is C17H26N2O3. The molecule has 1 aromatic rings. The van der Waals surface area contributed by atoms with Gasteiger partial charge in [0.2, 0.25) is 0 Å². The summed E-state index contributed by atoms with van der Waals surface area (Å²) in [7, 11) is 3.25. The number of nitrogens with zero attached hydrogens (tertiary/aromatic N) is 1. The maximum Gasteiger partial charge on any atom is 0.317 e. The first-order chi connectivity index (χ1) is 10.7. The monoisotopic (exact) mass is 306 g/mol. The van der Waals surface area contributed by atoms with E-state index in [1.54, 1.807) is 14.2 Å². The zero-order chi connectivity index (χ0) is 15.9. The van der Waals surface area contributed by atoms with Crippen molar-refractivity contribution < 1.29 is 14.3 Å². The molecule has 1 fully saturated rings. The Morgan fingerprint density at radius 1 is 1.27 bits per heavy atom. The van der Waals surface area contributed by atoms with Gasteiger partial charge in [-0.15, -0.1) is 0 Å². The molecule has 2 amide bonds. The van der Waals surface area contributed by atoms with E-state index in [2.05, 4.69) is 12.2 Å². The highest BCUT2D eigenvalue weighted by atomic mass is 16.5. The van der Waals surface area contributed by atoms with E-state index in [4.69, 9.17) is 9.47 Å². The van der Waals surface area contributed by atoms with Gasteiger partial charge in [0.15, 0.2) is 11.5 Å². The normalized spacial score (nSPS) is 18.0. The second kappa shape index (κ2) is 7.92. The van der Waals surface area contributed by atoms with Crippen LogP contribution in [0.3, 0.4) is 0 Å². The van der Waals surface area contributed by atoms with Gasteiger partial charge in [0, 0.05) is 19.1 Å². The Labute approximate surface area is 132 Å². The van der Waals surface area contributed by atoms with Crippen molar-refractivity contribution in [2.45, 2.75) is 38.6 Å². The predicted octanol–water partition coefficient (Wildman–Crippen LogP) is 2.83. The Bertz CT molecular complexity index is 505. The maximum atomic E-state index is 12.2. The molecule has 5 nitrogen and oxygen atoms in total. The van der Waals surface area contributed by atoms with Crippen molar-refractivity contribution in [3.8, 4) is 11.5 Å². The molecule has 0 radical (unpaired) electrons. The van der Waals surface area contributed by atoms with Crippen molar-refractivity contribution in [2.75, 3.05) is 27.3 Å². The third-order valence-corrected chi connectivity index (χ3v) is 4.20. The Hall–Kier alpha value is -1.91. The van der Waals surface area contributed by atoms with Gasteiger partial charge in [-0.3, -0.25) is 0 Å². The molecule has 22 heavy (non-hydrogen) atoms. The van der Waals surface area contributed by atoms with E-state index in [0.717, 1.165) is 42.9 Å². The molecule has 0 spiro atoms. The Balaban J connectivity index is 1.84. The van der Waals surface area contributed by atoms with Gasteiger partial charge < -0.3 is 19.7 Å². The maximum absolute atomic E-state index is 12.2. The van der Waals surface area contributed by atoms with Crippen molar-refractivity contribution in [1.29, 1.82) is 0 Å². The molecule has 1 aromatic carbocycles. The summed E-state index contributed by atoms with van der Waals surface area (Å²) in [5.74, 6) is 1.44. The van der Waals surface area contributed by atoms with Gasteiger partial charge in [0.05, 0.1) is 14.2 Å².